The number of Topliss-reactive ketones (excluding diaryl/α,β-unsaturated/α-hetero) is 2. The maximum atomic E-state index is 13.9. The number of rotatable bonds is 6. The van der Waals surface area contributed by atoms with E-state index in [9.17, 15) is 30.0 Å². The molecule has 14 atom stereocenters. The van der Waals surface area contributed by atoms with Crippen molar-refractivity contribution in [1.82, 2.24) is 0 Å². The fourth-order valence-electron chi connectivity index (χ4n) is 11.9. The fraction of sp³-hybridized carbons (Fsp3) is 0.886. The summed E-state index contributed by atoms with van der Waals surface area (Å²) in [6, 6.07) is 0. The summed E-state index contributed by atoms with van der Waals surface area (Å²) in [6.45, 7) is 14.6. The molecule has 0 radical (unpaired) electrons. The van der Waals surface area contributed by atoms with Gasteiger partial charge >= 0.3 is 0 Å². The number of hydrogen-bond acceptors (Lipinski definition) is 9. The monoisotopic (exact) mass is 616 g/mol. The quantitative estimate of drug-likeness (QED) is 0.261. The molecular formula is C35H52O9. The van der Waals surface area contributed by atoms with Crippen molar-refractivity contribution in [2.75, 3.05) is 6.61 Å². The van der Waals surface area contributed by atoms with E-state index in [-0.39, 0.29) is 63.7 Å². The van der Waals surface area contributed by atoms with Crippen LogP contribution in [0.25, 0.3) is 0 Å². The lowest BCUT2D eigenvalue weighted by atomic mass is 9.44. The Morgan fingerprint density at radius 2 is 1.77 bits per heavy atom. The molecule has 44 heavy (non-hydrogen) atoms. The number of hydrogen-bond donors (Lipinski definition) is 4. The number of ketones is 2. The summed E-state index contributed by atoms with van der Waals surface area (Å²) in [6.07, 6.45) is 0.934. The van der Waals surface area contributed by atoms with Gasteiger partial charge in [0.25, 0.3) is 0 Å². The molecule has 4 N–H and O–H groups in total. The van der Waals surface area contributed by atoms with Crippen LogP contribution in [0.5, 0.6) is 0 Å². The summed E-state index contributed by atoms with van der Waals surface area (Å²) in [5, 5.41) is 42.9. The van der Waals surface area contributed by atoms with E-state index in [4.69, 9.17) is 14.2 Å². The third-order valence-electron chi connectivity index (χ3n) is 14.4. The first kappa shape index (κ1) is 31.4. The molecule has 4 saturated carbocycles. The van der Waals surface area contributed by atoms with Crippen LogP contribution in [-0.4, -0.2) is 87.1 Å². The van der Waals surface area contributed by atoms with Crippen LogP contribution < -0.4 is 0 Å². The van der Waals surface area contributed by atoms with Gasteiger partial charge < -0.3 is 34.6 Å². The maximum absolute atomic E-state index is 13.9. The average Bonchev–Trinajstić information content (AvgIpc) is 3.78. The van der Waals surface area contributed by atoms with E-state index >= 15 is 0 Å². The lowest BCUT2D eigenvalue weighted by molar-refractivity contribution is -0.301. The molecule has 7 aliphatic rings. The Kier molecular flexibility index (Phi) is 6.75. The van der Waals surface area contributed by atoms with Gasteiger partial charge in [0.1, 0.15) is 30.2 Å². The molecule has 2 spiro atoms. The number of carbonyl (C=O) groups excluding carboxylic acids is 2. The summed E-state index contributed by atoms with van der Waals surface area (Å²) in [4.78, 5) is 27.0. The molecule has 7 rings (SSSR count). The van der Waals surface area contributed by atoms with E-state index in [2.05, 4.69) is 33.8 Å². The zero-order valence-electron chi connectivity index (χ0n) is 27.3. The lowest BCUT2D eigenvalue weighted by Gasteiger charge is -2.61. The normalized spacial score (nSPS) is 53.8. The van der Waals surface area contributed by atoms with Crippen LogP contribution in [0, 0.1) is 44.8 Å². The van der Waals surface area contributed by atoms with Gasteiger partial charge in [-0.3, -0.25) is 9.59 Å². The van der Waals surface area contributed by atoms with E-state index in [0.29, 0.717) is 19.3 Å². The predicted octanol–water partition coefficient (Wildman–Crippen LogP) is 3.09. The Hall–Kier alpha value is -1.20. The maximum Gasteiger partial charge on any atom is 0.186 e. The molecule has 0 aromatic carbocycles. The first-order valence-electron chi connectivity index (χ1n) is 16.8. The molecule has 0 aromatic heterocycles. The van der Waals surface area contributed by atoms with Crippen molar-refractivity contribution in [1.29, 1.82) is 0 Å². The molecule has 6 fully saturated rings. The van der Waals surface area contributed by atoms with Gasteiger partial charge in [-0.15, -0.1) is 0 Å². The largest absolute Gasteiger partial charge is 0.392 e. The second-order valence-corrected chi connectivity index (χ2v) is 17.3. The average molecular weight is 617 g/mol. The minimum Gasteiger partial charge on any atom is -0.392 e. The van der Waals surface area contributed by atoms with E-state index in [1.165, 1.54) is 5.57 Å². The second kappa shape index (κ2) is 9.45. The van der Waals surface area contributed by atoms with Gasteiger partial charge in [-0.25, -0.2) is 0 Å². The van der Waals surface area contributed by atoms with Crippen LogP contribution in [0.2, 0.25) is 0 Å². The van der Waals surface area contributed by atoms with Crippen LogP contribution >= 0.6 is 0 Å². The molecule has 2 saturated heterocycles. The van der Waals surface area contributed by atoms with Gasteiger partial charge in [-0.05, 0) is 74.0 Å². The molecule has 5 aliphatic carbocycles. The first-order chi connectivity index (χ1) is 20.4. The Morgan fingerprint density at radius 1 is 1.09 bits per heavy atom. The highest BCUT2D eigenvalue weighted by molar-refractivity contribution is 5.90. The van der Waals surface area contributed by atoms with Gasteiger partial charge in [0, 0.05) is 29.6 Å². The standard InChI is InChI=1S/C35H52O9/c1-17(12-18(36)28-31(4,5)44-28)25-19(37)13-32(6)22-9-8-21-30(2,3)24(43-29-27(41)26(40)20(38)15-42-29)10-11-34(21)16-35(22,34)23(39)14-33(25,32)7/h9,17,20-21,23-29,38-41H,8,10-16H2,1-7H3/t17-,20+,21+,23?,24?,25+,26+,27-,28?,29+,32+,33-,34-,35+/m1/s1. The molecular weight excluding hydrogens is 564 g/mol. The summed E-state index contributed by atoms with van der Waals surface area (Å²) >= 11 is 0. The Bertz CT molecular complexity index is 1290. The number of carbonyl (C=O) groups is 2. The van der Waals surface area contributed by atoms with E-state index in [1.54, 1.807) is 0 Å². The molecule has 246 valence electrons. The van der Waals surface area contributed by atoms with Gasteiger partial charge in [0.2, 0.25) is 0 Å². The van der Waals surface area contributed by atoms with Crippen LogP contribution in [0.1, 0.15) is 93.4 Å². The smallest absolute Gasteiger partial charge is 0.186 e. The highest BCUT2D eigenvalue weighted by atomic mass is 16.7. The number of aliphatic hydroxyl groups excluding tert-OH is 4. The number of ether oxygens (including phenoxy) is 3. The molecule has 9 nitrogen and oxygen atoms in total. The number of aliphatic hydroxyl groups is 4. The van der Waals surface area contributed by atoms with Crippen molar-refractivity contribution in [3.63, 3.8) is 0 Å². The van der Waals surface area contributed by atoms with Crippen molar-refractivity contribution in [3.8, 4) is 0 Å². The van der Waals surface area contributed by atoms with Crippen LogP contribution in [0.4, 0.5) is 0 Å². The van der Waals surface area contributed by atoms with E-state index in [0.717, 1.165) is 25.7 Å². The third-order valence-corrected chi connectivity index (χ3v) is 14.4. The van der Waals surface area contributed by atoms with Crippen molar-refractivity contribution >= 4 is 11.6 Å². The van der Waals surface area contributed by atoms with E-state index in [1.807, 2.05) is 20.8 Å². The van der Waals surface area contributed by atoms with Gasteiger partial charge in [0.15, 0.2) is 12.1 Å². The first-order valence-corrected chi connectivity index (χ1v) is 16.8. The molecule has 0 bridgehead atoms. The van der Waals surface area contributed by atoms with E-state index < -0.39 is 47.8 Å². The highest BCUT2D eigenvalue weighted by Crippen LogP contribution is 2.87. The Labute approximate surface area is 260 Å². The molecule has 0 aromatic rings. The second-order valence-electron chi connectivity index (χ2n) is 17.3. The molecule has 3 unspecified atom stereocenters. The van der Waals surface area contributed by atoms with Crippen LogP contribution in [0.3, 0.4) is 0 Å². The number of allylic oxidation sites excluding steroid dienone is 1. The fourth-order valence-corrected chi connectivity index (χ4v) is 11.9. The SMILES string of the molecule is C[C@H](CC(=O)C1OC1(C)C)[C@H]1C(=O)C[C@@]2(C)C3=CC[C@H]4C(C)(C)C(O[C@@H]5OC[C@H](O)[C@H](O)[C@H]5O)CC[C@@]45C[C@@]35C(O)C[C@]12C. The van der Waals surface area contributed by atoms with Gasteiger partial charge in [-0.2, -0.15) is 0 Å². The Balaban J connectivity index is 1.15. The minimum absolute atomic E-state index is 0.0687. The molecule has 2 heterocycles. The number of epoxide rings is 1. The summed E-state index contributed by atoms with van der Waals surface area (Å²) < 4.78 is 17.6. The van der Waals surface area contributed by atoms with Crippen molar-refractivity contribution in [2.45, 2.75) is 142 Å². The van der Waals surface area contributed by atoms with Gasteiger partial charge in [-0.1, -0.05) is 46.3 Å². The zero-order valence-corrected chi connectivity index (χ0v) is 27.3. The summed E-state index contributed by atoms with van der Waals surface area (Å²) in [5.74, 6) is 0.0812. The third kappa shape index (κ3) is 3.84. The van der Waals surface area contributed by atoms with Crippen LogP contribution in [0.15, 0.2) is 11.6 Å². The van der Waals surface area contributed by atoms with Crippen molar-refractivity contribution in [3.05, 3.63) is 11.6 Å². The lowest BCUT2D eigenvalue weighted by Crippen LogP contribution is -2.59. The summed E-state index contributed by atoms with van der Waals surface area (Å²) in [7, 11) is 0. The minimum atomic E-state index is -1.33. The zero-order chi connectivity index (χ0) is 32.0. The summed E-state index contributed by atoms with van der Waals surface area (Å²) in [5.41, 5.74) is -0.761. The molecule has 9 heteroatoms. The topological polar surface area (TPSA) is 146 Å². The molecule has 0 amide bonds. The predicted molar refractivity (Wildman–Crippen MR) is 159 cm³/mol. The number of fused-ring (bicyclic) bond motifs is 2. The van der Waals surface area contributed by atoms with Crippen LogP contribution in [-0.2, 0) is 23.8 Å². The van der Waals surface area contributed by atoms with Gasteiger partial charge in [0.05, 0.1) is 24.4 Å². The van der Waals surface area contributed by atoms with Crippen molar-refractivity contribution in [2.24, 2.45) is 44.8 Å². The Morgan fingerprint density at radius 3 is 2.43 bits per heavy atom. The highest BCUT2D eigenvalue weighted by Gasteiger charge is 2.84. The van der Waals surface area contributed by atoms with Crippen molar-refractivity contribution < 1.29 is 44.2 Å². The molecule has 2 aliphatic heterocycles.